The molecule has 3 aromatic rings. The fourth-order valence-electron chi connectivity index (χ4n) is 3.14. The minimum absolute atomic E-state index is 0.145. The van der Waals surface area contributed by atoms with Crippen molar-refractivity contribution in [2.24, 2.45) is 0 Å². The van der Waals surface area contributed by atoms with E-state index in [1.165, 1.54) is 4.88 Å². The van der Waals surface area contributed by atoms with Crippen molar-refractivity contribution in [3.8, 4) is 5.69 Å². The second kappa shape index (κ2) is 7.50. The van der Waals surface area contributed by atoms with Gasteiger partial charge in [0, 0.05) is 52.6 Å². The summed E-state index contributed by atoms with van der Waals surface area (Å²) in [5, 5.41) is 2.66. The van der Waals surface area contributed by atoms with Gasteiger partial charge in [0.25, 0.3) is 5.91 Å². The number of nitrogens with zero attached hydrogens (tertiary/aromatic N) is 2. The predicted octanol–water partition coefficient (Wildman–Crippen LogP) is 4.86. The normalized spacial score (nSPS) is 18.1. The predicted molar refractivity (Wildman–Crippen MR) is 106 cm³/mol. The number of hydrogen-bond donors (Lipinski definition) is 0. The maximum absolute atomic E-state index is 12.9. The van der Waals surface area contributed by atoms with E-state index in [-0.39, 0.29) is 5.91 Å². The molecule has 0 unspecified atom stereocenters. The SMILES string of the molecule is O=C(c1ccc(-n2cccc2)cc1)N1CCS[C@H](c2cccs2)CC1. The molecule has 5 heteroatoms. The Morgan fingerprint density at radius 3 is 2.52 bits per heavy atom. The fourth-order valence-corrected chi connectivity index (χ4v) is 5.38. The molecule has 25 heavy (non-hydrogen) atoms. The maximum Gasteiger partial charge on any atom is 0.253 e. The monoisotopic (exact) mass is 368 g/mol. The van der Waals surface area contributed by atoms with Crippen molar-refractivity contribution in [1.82, 2.24) is 9.47 Å². The molecule has 0 radical (unpaired) electrons. The van der Waals surface area contributed by atoms with Gasteiger partial charge in [-0.1, -0.05) is 6.07 Å². The molecule has 3 heterocycles. The highest BCUT2D eigenvalue weighted by atomic mass is 32.2. The summed E-state index contributed by atoms with van der Waals surface area (Å²) < 4.78 is 2.04. The standard InChI is InChI=1S/C20H20N2OS2/c23-20(16-5-7-17(8-6-16)21-10-1-2-11-21)22-12-9-19(25-15-13-22)18-4-3-14-24-18/h1-8,10-11,14,19H,9,12-13,15H2/t19-/m0/s1. The first kappa shape index (κ1) is 16.5. The van der Waals surface area contributed by atoms with E-state index in [4.69, 9.17) is 0 Å². The lowest BCUT2D eigenvalue weighted by molar-refractivity contribution is 0.0766. The summed E-state index contributed by atoms with van der Waals surface area (Å²) in [6, 6.07) is 16.2. The molecule has 4 rings (SSSR count). The van der Waals surface area contributed by atoms with Crippen molar-refractivity contribution in [1.29, 1.82) is 0 Å². The maximum atomic E-state index is 12.9. The first-order valence-electron chi connectivity index (χ1n) is 8.49. The number of amides is 1. The van der Waals surface area contributed by atoms with Gasteiger partial charge in [-0.25, -0.2) is 0 Å². The van der Waals surface area contributed by atoms with Crippen LogP contribution in [0.2, 0.25) is 0 Å². The topological polar surface area (TPSA) is 25.2 Å². The Labute approximate surface area is 156 Å². The summed E-state index contributed by atoms with van der Waals surface area (Å²) in [5.41, 5.74) is 1.85. The first-order valence-corrected chi connectivity index (χ1v) is 10.4. The average molecular weight is 369 g/mol. The van der Waals surface area contributed by atoms with Gasteiger partial charge >= 0.3 is 0 Å². The molecule has 1 saturated heterocycles. The van der Waals surface area contributed by atoms with E-state index in [0.717, 1.165) is 36.5 Å². The number of carbonyl (C=O) groups is 1. The van der Waals surface area contributed by atoms with Crippen LogP contribution in [0, 0.1) is 0 Å². The van der Waals surface area contributed by atoms with E-state index in [9.17, 15) is 4.79 Å². The summed E-state index contributed by atoms with van der Waals surface area (Å²) in [6.07, 6.45) is 5.04. The first-order chi connectivity index (χ1) is 12.3. The lowest BCUT2D eigenvalue weighted by Crippen LogP contribution is -2.32. The third kappa shape index (κ3) is 3.67. The number of aromatic nitrogens is 1. The van der Waals surface area contributed by atoms with Crippen molar-refractivity contribution in [3.05, 3.63) is 76.7 Å². The Morgan fingerprint density at radius 2 is 1.80 bits per heavy atom. The van der Waals surface area contributed by atoms with E-state index in [2.05, 4.69) is 17.5 Å². The van der Waals surface area contributed by atoms with Crippen molar-refractivity contribution in [2.75, 3.05) is 18.8 Å². The summed E-state index contributed by atoms with van der Waals surface area (Å²) in [7, 11) is 0. The smallest absolute Gasteiger partial charge is 0.253 e. The number of carbonyl (C=O) groups excluding carboxylic acids is 1. The Bertz CT molecular complexity index is 810. The van der Waals surface area contributed by atoms with E-state index in [1.54, 1.807) is 0 Å². The van der Waals surface area contributed by atoms with Crippen LogP contribution in [0.5, 0.6) is 0 Å². The van der Waals surface area contributed by atoms with Crippen LogP contribution in [0.4, 0.5) is 0 Å². The second-order valence-corrected chi connectivity index (χ2v) is 8.38. The van der Waals surface area contributed by atoms with Crippen molar-refractivity contribution < 1.29 is 4.79 Å². The molecule has 1 atom stereocenters. The van der Waals surface area contributed by atoms with Crippen molar-refractivity contribution in [2.45, 2.75) is 11.7 Å². The van der Waals surface area contributed by atoms with Gasteiger partial charge in [0.1, 0.15) is 0 Å². The van der Waals surface area contributed by atoms with Gasteiger partial charge in [-0.3, -0.25) is 4.79 Å². The molecular formula is C20H20N2OS2. The number of thiophene rings is 1. The number of benzene rings is 1. The Morgan fingerprint density at radius 1 is 1.00 bits per heavy atom. The van der Waals surface area contributed by atoms with Gasteiger partial charge in [-0.2, -0.15) is 11.8 Å². The molecule has 128 valence electrons. The van der Waals surface area contributed by atoms with Crippen molar-refractivity contribution in [3.63, 3.8) is 0 Å². The molecule has 2 aromatic heterocycles. The summed E-state index contributed by atoms with van der Waals surface area (Å²) in [6.45, 7) is 1.65. The Hall–Kier alpha value is -1.98. The van der Waals surface area contributed by atoms with Crippen LogP contribution in [-0.4, -0.2) is 34.2 Å². The lowest BCUT2D eigenvalue weighted by Gasteiger charge is -2.20. The fraction of sp³-hybridized carbons (Fsp3) is 0.250. The zero-order chi connectivity index (χ0) is 17.1. The van der Waals surface area contributed by atoms with Crippen LogP contribution in [-0.2, 0) is 0 Å². The van der Waals surface area contributed by atoms with E-state index < -0.39 is 0 Å². The molecule has 1 fully saturated rings. The third-order valence-corrected chi connectivity index (χ3v) is 6.95. The van der Waals surface area contributed by atoms with Gasteiger partial charge in [-0.05, 0) is 54.3 Å². The molecule has 1 aromatic carbocycles. The Kier molecular flexibility index (Phi) is 4.95. The molecular weight excluding hydrogens is 348 g/mol. The third-order valence-electron chi connectivity index (χ3n) is 4.51. The zero-order valence-corrected chi connectivity index (χ0v) is 15.5. The summed E-state index contributed by atoms with van der Waals surface area (Å²) in [4.78, 5) is 16.3. The van der Waals surface area contributed by atoms with Crippen LogP contribution in [0.1, 0.15) is 26.9 Å². The highest BCUT2D eigenvalue weighted by molar-refractivity contribution is 7.99. The van der Waals surface area contributed by atoms with Crippen molar-refractivity contribution >= 4 is 29.0 Å². The van der Waals surface area contributed by atoms with Crippen LogP contribution in [0.25, 0.3) is 5.69 Å². The zero-order valence-electron chi connectivity index (χ0n) is 13.9. The van der Waals surface area contributed by atoms with Crippen LogP contribution < -0.4 is 0 Å². The summed E-state index contributed by atoms with van der Waals surface area (Å²) in [5.74, 6) is 1.14. The van der Waals surface area contributed by atoms with Crippen LogP contribution in [0.15, 0.2) is 66.3 Å². The number of hydrogen-bond acceptors (Lipinski definition) is 3. The second-order valence-electron chi connectivity index (χ2n) is 6.09. The highest BCUT2D eigenvalue weighted by Crippen LogP contribution is 2.36. The average Bonchev–Trinajstić information content (AvgIpc) is 3.32. The molecule has 1 aliphatic heterocycles. The van der Waals surface area contributed by atoms with Gasteiger partial charge in [0.15, 0.2) is 0 Å². The van der Waals surface area contributed by atoms with E-state index >= 15 is 0 Å². The molecule has 1 amide bonds. The van der Waals surface area contributed by atoms with Crippen LogP contribution >= 0.6 is 23.1 Å². The minimum Gasteiger partial charge on any atom is -0.338 e. The highest BCUT2D eigenvalue weighted by Gasteiger charge is 2.23. The number of thioether (sulfide) groups is 1. The lowest BCUT2D eigenvalue weighted by atomic mass is 10.1. The van der Waals surface area contributed by atoms with E-state index in [1.807, 2.05) is 81.4 Å². The van der Waals surface area contributed by atoms with Gasteiger partial charge in [0.2, 0.25) is 0 Å². The molecule has 0 aliphatic carbocycles. The molecule has 3 nitrogen and oxygen atoms in total. The van der Waals surface area contributed by atoms with Gasteiger partial charge in [-0.15, -0.1) is 11.3 Å². The van der Waals surface area contributed by atoms with E-state index in [0.29, 0.717) is 5.25 Å². The van der Waals surface area contributed by atoms with Gasteiger partial charge in [0.05, 0.1) is 0 Å². The quantitative estimate of drug-likeness (QED) is 0.660. The molecule has 0 saturated carbocycles. The molecule has 0 spiro atoms. The van der Waals surface area contributed by atoms with Gasteiger partial charge < -0.3 is 9.47 Å². The largest absolute Gasteiger partial charge is 0.338 e. The molecule has 0 bridgehead atoms. The van der Waals surface area contributed by atoms with Crippen LogP contribution in [0.3, 0.4) is 0 Å². The minimum atomic E-state index is 0.145. The molecule has 0 N–H and O–H groups in total. The number of rotatable bonds is 3. The molecule has 1 aliphatic rings. The summed E-state index contributed by atoms with van der Waals surface area (Å²) >= 11 is 3.79. The Balaban J connectivity index is 1.44.